The molecular formula is C15H10BBrFNO. The molecule has 20 heavy (non-hydrogen) atoms. The third kappa shape index (κ3) is 1.62. The molecule has 4 rings (SSSR count). The number of nitrogens with zero attached hydrogens (tertiary/aromatic N) is 1. The van der Waals surface area contributed by atoms with Crippen LogP contribution in [0.3, 0.4) is 0 Å². The summed E-state index contributed by atoms with van der Waals surface area (Å²) in [4.78, 5) is 0.181. The molecule has 2 radical (unpaired) electrons. The summed E-state index contributed by atoms with van der Waals surface area (Å²) in [6.07, 6.45) is 4.82. The summed E-state index contributed by atoms with van der Waals surface area (Å²) >= 11 is 3.52. The van der Waals surface area contributed by atoms with Gasteiger partial charge >= 0.3 is 0 Å². The van der Waals surface area contributed by atoms with Crippen molar-refractivity contribution in [3.63, 3.8) is 0 Å². The quantitative estimate of drug-likeness (QED) is 0.523. The Balaban J connectivity index is 2.09. The third-order valence-electron chi connectivity index (χ3n) is 3.77. The van der Waals surface area contributed by atoms with E-state index in [0.29, 0.717) is 28.9 Å². The van der Waals surface area contributed by atoms with Gasteiger partial charge in [-0.15, -0.1) is 0 Å². The van der Waals surface area contributed by atoms with E-state index >= 15 is 0 Å². The standard InChI is InChI=1S/C15H10BBrFNO/c16-8-1-3-10-13(5-8)20-7-19-12-4-2-9(17)6-11(12)14(18)15(10)19/h1,3-6,9H,2,7H2. The second kappa shape index (κ2) is 4.25. The van der Waals surface area contributed by atoms with Crippen LogP contribution in [0.2, 0.25) is 0 Å². The number of aromatic nitrogens is 1. The van der Waals surface area contributed by atoms with Gasteiger partial charge < -0.3 is 9.30 Å². The molecule has 0 fully saturated rings. The van der Waals surface area contributed by atoms with Crippen LogP contribution < -0.4 is 20.8 Å². The van der Waals surface area contributed by atoms with E-state index < -0.39 is 0 Å². The predicted octanol–water partition coefficient (Wildman–Crippen LogP) is 1.17. The first-order valence-electron chi connectivity index (χ1n) is 6.42. The Kier molecular flexibility index (Phi) is 2.61. The molecule has 0 saturated carbocycles. The van der Waals surface area contributed by atoms with Gasteiger partial charge in [0.1, 0.15) is 13.6 Å². The summed E-state index contributed by atoms with van der Waals surface area (Å²) < 4.78 is 22.4. The highest BCUT2D eigenvalue weighted by molar-refractivity contribution is 9.09. The van der Waals surface area contributed by atoms with Gasteiger partial charge in [0.2, 0.25) is 0 Å². The molecule has 0 saturated heterocycles. The van der Waals surface area contributed by atoms with Crippen LogP contribution in [0.4, 0.5) is 4.39 Å². The monoisotopic (exact) mass is 329 g/mol. The van der Waals surface area contributed by atoms with E-state index in [1.54, 1.807) is 12.1 Å². The fraction of sp³-hybridized carbons (Fsp3) is 0.200. The first-order chi connectivity index (χ1) is 9.65. The fourth-order valence-corrected chi connectivity index (χ4v) is 3.31. The molecule has 1 aliphatic carbocycles. The third-order valence-corrected chi connectivity index (χ3v) is 4.41. The maximum atomic E-state index is 14.8. The van der Waals surface area contributed by atoms with Gasteiger partial charge in [0.25, 0.3) is 0 Å². The molecule has 1 unspecified atom stereocenters. The Morgan fingerprint density at radius 3 is 3.10 bits per heavy atom. The lowest BCUT2D eigenvalue weighted by atomic mass is 9.93. The van der Waals surface area contributed by atoms with Crippen LogP contribution in [0.25, 0.3) is 23.4 Å². The molecule has 1 atom stereocenters. The summed E-state index contributed by atoms with van der Waals surface area (Å²) in [7, 11) is 5.76. The van der Waals surface area contributed by atoms with Crippen LogP contribution in [0, 0.1) is 5.82 Å². The molecular weight excluding hydrogens is 320 g/mol. The van der Waals surface area contributed by atoms with E-state index in [2.05, 4.69) is 15.9 Å². The minimum absolute atomic E-state index is 0.181. The van der Waals surface area contributed by atoms with Crippen molar-refractivity contribution in [2.24, 2.45) is 0 Å². The van der Waals surface area contributed by atoms with Gasteiger partial charge in [-0.05, 0) is 18.6 Å². The number of ether oxygens (including phenoxy) is 1. The maximum Gasteiger partial charge on any atom is 0.165 e. The highest BCUT2D eigenvalue weighted by Gasteiger charge is 2.25. The SMILES string of the molecule is [B]c1ccc2c(c1)OCn1c-2c(F)c2c1=CCC(Br)C=2. The number of alkyl halides is 1. The normalized spacial score (nSPS) is 19.0. The summed E-state index contributed by atoms with van der Waals surface area (Å²) in [5, 5.41) is 1.55. The van der Waals surface area contributed by atoms with Crippen molar-refractivity contribution in [2.75, 3.05) is 0 Å². The molecule has 5 heteroatoms. The Bertz CT molecular complexity index is 843. The number of hydrogen-bond donors (Lipinski definition) is 0. The van der Waals surface area contributed by atoms with E-state index in [0.717, 1.165) is 17.3 Å². The molecule has 2 nitrogen and oxygen atoms in total. The average Bonchev–Trinajstić information content (AvgIpc) is 2.72. The molecule has 2 aromatic rings. The van der Waals surface area contributed by atoms with Crippen LogP contribution in [-0.2, 0) is 6.73 Å². The van der Waals surface area contributed by atoms with E-state index in [1.165, 1.54) is 0 Å². The van der Waals surface area contributed by atoms with Gasteiger partial charge in [-0.25, -0.2) is 4.39 Å². The van der Waals surface area contributed by atoms with E-state index in [9.17, 15) is 4.39 Å². The van der Waals surface area contributed by atoms with Crippen molar-refractivity contribution in [3.8, 4) is 17.0 Å². The Morgan fingerprint density at radius 1 is 1.40 bits per heavy atom. The largest absolute Gasteiger partial charge is 0.472 e. The van der Waals surface area contributed by atoms with Gasteiger partial charge in [-0.3, -0.25) is 0 Å². The minimum Gasteiger partial charge on any atom is -0.472 e. The molecule has 98 valence electrons. The second-order valence-corrected chi connectivity index (χ2v) is 6.22. The van der Waals surface area contributed by atoms with Crippen molar-refractivity contribution >= 4 is 41.4 Å². The lowest BCUT2D eigenvalue weighted by Gasteiger charge is -2.21. The zero-order valence-corrected chi connectivity index (χ0v) is 12.2. The molecule has 1 aromatic heterocycles. The lowest BCUT2D eigenvalue weighted by Crippen LogP contribution is -2.35. The Morgan fingerprint density at radius 2 is 2.25 bits per heavy atom. The van der Waals surface area contributed by atoms with Crippen LogP contribution >= 0.6 is 15.9 Å². The second-order valence-electron chi connectivity index (χ2n) is 5.04. The molecule has 0 N–H and O–H groups in total. The van der Waals surface area contributed by atoms with Crippen molar-refractivity contribution in [1.29, 1.82) is 0 Å². The smallest absolute Gasteiger partial charge is 0.165 e. The van der Waals surface area contributed by atoms with Crippen molar-refractivity contribution < 1.29 is 9.13 Å². The highest BCUT2D eigenvalue weighted by Crippen LogP contribution is 2.33. The Labute approximate surface area is 125 Å². The van der Waals surface area contributed by atoms with Crippen molar-refractivity contribution in [3.05, 3.63) is 34.6 Å². The minimum atomic E-state index is -0.185. The number of fused-ring (bicyclic) bond motifs is 5. The number of benzene rings is 1. The average molecular weight is 330 g/mol. The van der Waals surface area contributed by atoms with Crippen LogP contribution in [0.5, 0.6) is 5.75 Å². The molecule has 0 spiro atoms. The summed E-state index contributed by atoms with van der Waals surface area (Å²) in [6.45, 7) is 0.315. The van der Waals surface area contributed by atoms with E-state index in [-0.39, 0.29) is 10.6 Å². The van der Waals surface area contributed by atoms with Gasteiger partial charge in [0, 0.05) is 15.6 Å². The summed E-state index contributed by atoms with van der Waals surface area (Å²) in [5.41, 5.74) is 1.96. The lowest BCUT2D eigenvalue weighted by molar-refractivity contribution is 0.226. The van der Waals surface area contributed by atoms with Crippen LogP contribution in [-0.4, -0.2) is 17.2 Å². The van der Waals surface area contributed by atoms with Gasteiger partial charge in [-0.2, -0.15) is 0 Å². The maximum absolute atomic E-state index is 14.8. The molecule has 2 aliphatic rings. The fourth-order valence-electron chi connectivity index (χ4n) is 2.86. The molecule has 0 amide bonds. The summed E-state index contributed by atoms with van der Waals surface area (Å²) in [6, 6.07) is 5.32. The van der Waals surface area contributed by atoms with Crippen LogP contribution in [0.15, 0.2) is 18.2 Å². The number of hydrogen-bond acceptors (Lipinski definition) is 1. The van der Waals surface area contributed by atoms with Gasteiger partial charge in [0.05, 0.1) is 11.0 Å². The van der Waals surface area contributed by atoms with E-state index in [4.69, 9.17) is 12.6 Å². The van der Waals surface area contributed by atoms with Gasteiger partial charge in [-0.1, -0.05) is 39.6 Å². The zero-order chi connectivity index (χ0) is 13.9. The molecule has 1 aliphatic heterocycles. The van der Waals surface area contributed by atoms with Crippen molar-refractivity contribution in [2.45, 2.75) is 18.0 Å². The number of rotatable bonds is 0. The Hall–Kier alpha value is -1.49. The summed E-state index contributed by atoms with van der Waals surface area (Å²) in [5.74, 6) is 0.455. The first kappa shape index (κ1) is 12.3. The molecule has 0 bridgehead atoms. The number of halogens is 2. The zero-order valence-electron chi connectivity index (χ0n) is 10.6. The first-order valence-corrected chi connectivity index (χ1v) is 7.33. The predicted molar refractivity (Wildman–Crippen MR) is 81.4 cm³/mol. The molecule has 1 aromatic carbocycles. The van der Waals surface area contributed by atoms with Gasteiger partial charge in [0.15, 0.2) is 12.5 Å². The van der Waals surface area contributed by atoms with Crippen LogP contribution in [0.1, 0.15) is 6.42 Å². The van der Waals surface area contributed by atoms with E-state index in [1.807, 2.05) is 22.8 Å². The topological polar surface area (TPSA) is 14.2 Å². The van der Waals surface area contributed by atoms with Crippen molar-refractivity contribution in [1.82, 2.24) is 4.57 Å². The highest BCUT2D eigenvalue weighted by atomic mass is 79.9. The molecule has 2 heterocycles.